The molecule has 0 saturated heterocycles. The lowest BCUT2D eigenvalue weighted by atomic mass is 9.84. The molecule has 2 N–H and O–H groups in total. The van der Waals surface area contributed by atoms with Crippen LogP contribution in [0.1, 0.15) is 58.8 Å². The maximum atomic E-state index is 11.7. The minimum absolute atomic E-state index is 0.0340. The van der Waals surface area contributed by atoms with Gasteiger partial charge in [-0.3, -0.25) is 4.79 Å². The number of carbonyl (C=O) groups excluding carboxylic acids is 1. The normalized spacial score (nSPS) is 22.3. The number of hydrogen-bond donors (Lipinski definition) is 2. The fourth-order valence-electron chi connectivity index (χ4n) is 2.81. The van der Waals surface area contributed by atoms with Crippen molar-refractivity contribution in [3.63, 3.8) is 0 Å². The third-order valence-electron chi connectivity index (χ3n) is 4.40. The van der Waals surface area contributed by atoms with Gasteiger partial charge in [-0.2, -0.15) is 0 Å². The summed E-state index contributed by atoms with van der Waals surface area (Å²) in [5, 5.41) is 6.90. The predicted octanol–water partition coefficient (Wildman–Crippen LogP) is 2.38. The van der Waals surface area contributed by atoms with Crippen molar-refractivity contribution in [2.45, 2.75) is 64.8 Å². The molecule has 0 aromatic carbocycles. The summed E-state index contributed by atoms with van der Waals surface area (Å²) >= 11 is 0. The summed E-state index contributed by atoms with van der Waals surface area (Å²) in [4.78, 5) is 17.8. The highest BCUT2D eigenvalue weighted by Gasteiger charge is 2.21. The van der Waals surface area contributed by atoms with Gasteiger partial charge in [0.25, 0.3) is 0 Å². The van der Waals surface area contributed by atoms with Crippen LogP contribution in [-0.4, -0.2) is 50.0 Å². The maximum absolute atomic E-state index is 11.7. The van der Waals surface area contributed by atoms with E-state index in [0.717, 1.165) is 31.3 Å². The molecule has 0 spiro atoms. The van der Waals surface area contributed by atoms with Crippen molar-refractivity contribution in [2.75, 3.05) is 27.2 Å². The third-order valence-corrected chi connectivity index (χ3v) is 4.40. The molecule has 0 radical (unpaired) electrons. The van der Waals surface area contributed by atoms with E-state index in [9.17, 15) is 4.79 Å². The van der Waals surface area contributed by atoms with Crippen LogP contribution in [0.25, 0.3) is 0 Å². The van der Waals surface area contributed by atoms with Gasteiger partial charge in [-0.25, -0.2) is 4.99 Å². The molecule has 1 fully saturated rings. The summed E-state index contributed by atoms with van der Waals surface area (Å²) in [5.41, 5.74) is 0. The van der Waals surface area contributed by atoms with Crippen LogP contribution in [0.4, 0.5) is 0 Å². The Morgan fingerprint density at radius 1 is 1.27 bits per heavy atom. The molecule has 22 heavy (non-hydrogen) atoms. The Balaban J connectivity index is 2.56. The van der Waals surface area contributed by atoms with Gasteiger partial charge in [0.1, 0.15) is 6.54 Å². The molecular weight excluding hydrogens is 276 g/mol. The number of carbonyl (C=O) groups is 1. The first-order valence-electron chi connectivity index (χ1n) is 8.81. The van der Waals surface area contributed by atoms with Gasteiger partial charge in [0.05, 0.1) is 0 Å². The van der Waals surface area contributed by atoms with Crippen molar-refractivity contribution < 1.29 is 4.79 Å². The van der Waals surface area contributed by atoms with E-state index >= 15 is 0 Å². The van der Waals surface area contributed by atoms with Crippen molar-refractivity contribution in [3.05, 3.63) is 0 Å². The van der Waals surface area contributed by atoms with Gasteiger partial charge in [0.15, 0.2) is 5.96 Å². The highest BCUT2D eigenvalue weighted by molar-refractivity contribution is 5.84. The van der Waals surface area contributed by atoms with Crippen LogP contribution >= 0.6 is 0 Å². The van der Waals surface area contributed by atoms with E-state index in [4.69, 9.17) is 0 Å². The Bertz CT molecular complexity index is 355. The first-order valence-corrected chi connectivity index (χ1v) is 8.81. The molecule has 0 aromatic rings. The van der Waals surface area contributed by atoms with E-state index in [0.29, 0.717) is 6.04 Å². The summed E-state index contributed by atoms with van der Waals surface area (Å²) in [6.07, 6.45) is 8.58. The van der Waals surface area contributed by atoms with Gasteiger partial charge >= 0.3 is 0 Å². The minimum Gasteiger partial charge on any atom is -0.356 e. The largest absolute Gasteiger partial charge is 0.356 e. The van der Waals surface area contributed by atoms with Crippen LogP contribution in [0.2, 0.25) is 0 Å². The predicted molar refractivity (Wildman–Crippen MR) is 93.1 cm³/mol. The summed E-state index contributed by atoms with van der Waals surface area (Å²) in [6.45, 7) is 5.56. The first kappa shape index (κ1) is 18.8. The quantitative estimate of drug-likeness (QED) is 0.431. The Morgan fingerprint density at radius 3 is 2.68 bits per heavy atom. The summed E-state index contributed by atoms with van der Waals surface area (Å²) in [6, 6.07) is 0.487. The number of rotatable bonds is 7. The monoisotopic (exact) mass is 310 g/mol. The van der Waals surface area contributed by atoms with Crippen LogP contribution in [0.3, 0.4) is 0 Å². The molecule has 128 valence electrons. The van der Waals surface area contributed by atoms with E-state index in [1.165, 1.54) is 32.1 Å². The van der Waals surface area contributed by atoms with E-state index in [1.54, 1.807) is 19.0 Å². The van der Waals surface area contributed by atoms with Crippen LogP contribution in [0.15, 0.2) is 4.99 Å². The Hall–Kier alpha value is -1.26. The zero-order chi connectivity index (χ0) is 16.4. The molecule has 2 atom stereocenters. The molecule has 0 aromatic heterocycles. The molecule has 1 aliphatic carbocycles. The summed E-state index contributed by atoms with van der Waals surface area (Å²) in [5.74, 6) is 1.66. The smallest absolute Gasteiger partial charge is 0.243 e. The van der Waals surface area contributed by atoms with E-state index < -0.39 is 0 Å². The van der Waals surface area contributed by atoms with Gasteiger partial charge in [-0.05, 0) is 25.2 Å². The van der Waals surface area contributed by atoms with Gasteiger partial charge in [-0.1, -0.05) is 39.5 Å². The molecule has 0 heterocycles. The third kappa shape index (κ3) is 7.14. The van der Waals surface area contributed by atoms with Gasteiger partial charge in [0.2, 0.25) is 5.91 Å². The SMILES string of the molecule is CCCCNC(=NCC(=O)N(C)C)NC1CCCC(CC)C1. The van der Waals surface area contributed by atoms with Gasteiger partial charge < -0.3 is 15.5 Å². The molecule has 0 bridgehead atoms. The number of unbranched alkanes of at least 4 members (excludes halogenated alkanes) is 1. The lowest BCUT2D eigenvalue weighted by molar-refractivity contribution is -0.127. The minimum atomic E-state index is 0.0340. The lowest BCUT2D eigenvalue weighted by Crippen LogP contribution is -2.46. The van der Waals surface area contributed by atoms with Crippen molar-refractivity contribution in [2.24, 2.45) is 10.9 Å². The zero-order valence-corrected chi connectivity index (χ0v) is 14.8. The topological polar surface area (TPSA) is 56.7 Å². The molecule has 1 amide bonds. The molecule has 2 unspecified atom stereocenters. The number of amides is 1. The number of nitrogens with one attached hydrogen (secondary N) is 2. The molecule has 1 aliphatic rings. The number of nitrogens with zero attached hydrogens (tertiary/aromatic N) is 2. The number of likely N-dealkylation sites (N-methyl/N-ethyl adjacent to an activating group) is 1. The fourth-order valence-corrected chi connectivity index (χ4v) is 2.81. The lowest BCUT2D eigenvalue weighted by Gasteiger charge is -2.30. The summed E-state index contributed by atoms with van der Waals surface area (Å²) < 4.78 is 0. The van der Waals surface area contributed by atoms with Crippen LogP contribution < -0.4 is 10.6 Å². The van der Waals surface area contributed by atoms with E-state index in [2.05, 4.69) is 29.5 Å². The molecule has 1 rings (SSSR count). The van der Waals surface area contributed by atoms with Gasteiger partial charge in [0, 0.05) is 26.7 Å². The van der Waals surface area contributed by atoms with Crippen molar-refractivity contribution in [1.29, 1.82) is 0 Å². The number of guanidine groups is 1. The van der Waals surface area contributed by atoms with Crippen LogP contribution in [0.5, 0.6) is 0 Å². The Labute approximate surface area is 135 Å². The Kier molecular flexibility index (Phi) is 8.94. The molecule has 0 aliphatic heterocycles. The van der Waals surface area contributed by atoms with E-state index in [-0.39, 0.29) is 12.5 Å². The number of aliphatic imine (C=N–C) groups is 1. The molecular formula is C17H34N4O. The van der Waals surface area contributed by atoms with Crippen LogP contribution in [0, 0.1) is 5.92 Å². The highest BCUT2D eigenvalue weighted by Crippen LogP contribution is 2.26. The standard InChI is InChI=1S/C17H34N4O/c1-5-7-11-18-17(19-13-16(22)21(3)4)20-15-10-8-9-14(6-2)12-15/h14-15H,5-13H2,1-4H3,(H2,18,19,20). The van der Waals surface area contributed by atoms with Gasteiger partial charge in [-0.15, -0.1) is 0 Å². The second-order valence-electron chi connectivity index (χ2n) is 6.52. The average molecular weight is 310 g/mol. The fraction of sp³-hybridized carbons (Fsp3) is 0.882. The number of hydrogen-bond acceptors (Lipinski definition) is 2. The van der Waals surface area contributed by atoms with Crippen LogP contribution in [-0.2, 0) is 4.79 Å². The van der Waals surface area contributed by atoms with Crippen molar-refractivity contribution in [3.8, 4) is 0 Å². The van der Waals surface area contributed by atoms with E-state index in [1.807, 2.05) is 0 Å². The second-order valence-corrected chi connectivity index (χ2v) is 6.52. The molecule has 5 heteroatoms. The molecule has 5 nitrogen and oxygen atoms in total. The van der Waals surface area contributed by atoms with Crippen molar-refractivity contribution in [1.82, 2.24) is 15.5 Å². The second kappa shape index (κ2) is 10.5. The molecule has 1 saturated carbocycles. The maximum Gasteiger partial charge on any atom is 0.243 e. The highest BCUT2D eigenvalue weighted by atomic mass is 16.2. The zero-order valence-electron chi connectivity index (χ0n) is 14.8. The average Bonchev–Trinajstić information content (AvgIpc) is 2.52. The first-order chi connectivity index (χ1) is 10.6. The Morgan fingerprint density at radius 2 is 2.05 bits per heavy atom. The van der Waals surface area contributed by atoms with Crippen molar-refractivity contribution >= 4 is 11.9 Å². The summed E-state index contributed by atoms with van der Waals surface area (Å²) in [7, 11) is 3.53.